The van der Waals surface area contributed by atoms with Crippen LogP contribution in [0.4, 0.5) is 10.5 Å². The third-order valence-corrected chi connectivity index (χ3v) is 5.07. The van der Waals surface area contributed by atoms with E-state index in [0.717, 1.165) is 27.9 Å². The number of urea groups is 1. The van der Waals surface area contributed by atoms with Gasteiger partial charge in [0.1, 0.15) is 0 Å². The van der Waals surface area contributed by atoms with E-state index in [4.69, 9.17) is 5.11 Å². The Balaban J connectivity index is 1.91. The lowest BCUT2D eigenvalue weighted by atomic mass is 10.0. The van der Waals surface area contributed by atoms with E-state index in [2.05, 4.69) is 10.6 Å². The van der Waals surface area contributed by atoms with Crippen molar-refractivity contribution in [3.8, 4) is 0 Å². The highest BCUT2D eigenvalue weighted by molar-refractivity contribution is 14.1. The summed E-state index contributed by atoms with van der Waals surface area (Å²) in [5.41, 5.74) is 0.422. The predicted molar refractivity (Wildman–Crippen MR) is 93.2 cm³/mol. The lowest BCUT2D eigenvalue weighted by Gasteiger charge is -2.21. The van der Waals surface area contributed by atoms with Crippen LogP contribution in [0.15, 0.2) is 18.2 Å². The van der Waals surface area contributed by atoms with Gasteiger partial charge < -0.3 is 15.7 Å². The molecular formula is C14H17IN2O3S. The number of rotatable bonds is 4. The van der Waals surface area contributed by atoms with E-state index < -0.39 is 5.97 Å². The second kappa shape index (κ2) is 7.88. The van der Waals surface area contributed by atoms with Crippen LogP contribution in [-0.4, -0.2) is 35.2 Å². The van der Waals surface area contributed by atoms with Gasteiger partial charge in [0.2, 0.25) is 0 Å². The summed E-state index contributed by atoms with van der Waals surface area (Å²) < 4.78 is 0.815. The summed E-state index contributed by atoms with van der Waals surface area (Å²) in [5, 5.41) is 14.6. The zero-order valence-corrected chi connectivity index (χ0v) is 14.4. The van der Waals surface area contributed by atoms with Crippen LogP contribution in [0.3, 0.4) is 0 Å². The first-order valence-electron chi connectivity index (χ1n) is 6.71. The molecule has 1 aliphatic heterocycles. The van der Waals surface area contributed by atoms with E-state index in [1.807, 2.05) is 34.4 Å². The summed E-state index contributed by atoms with van der Waals surface area (Å²) in [6.45, 7) is 0.638. The number of carboxylic acids is 1. The van der Waals surface area contributed by atoms with Gasteiger partial charge in [0.15, 0.2) is 0 Å². The Kier molecular flexibility index (Phi) is 6.16. The van der Waals surface area contributed by atoms with Crippen LogP contribution in [0.5, 0.6) is 0 Å². The van der Waals surface area contributed by atoms with Crippen molar-refractivity contribution in [2.24, 2.45) is 5.92 Å². The van der Waals surface area contributed by atoms with Crippen molar-refractivity contribution >= 4 is 52.0 Å². The SMILES string of the molecule is O=C(NCC1CCSCC1)Nc1ccc(I)cc1C(=O)O. The first-order chi connectivity index (χ1) is 10.1. The lowest BCUT2D eigenvalue weighted by Crippen LogP contribution is -2.34. The molecule has 0 saturated carbocycles. The fraction of sp³-hybridized carbons (Fsp3) is 0.429. The summed E-state index contributed by atoms with van der Waals surface area (Å²) in [7, 11) is 0. The van der Waals surface area contributed by atoms with Gasteiger partial charge >= 0.3 is 12.0 Å². The molecule has 2 rings (SSSR count). The number of hydrogen-bond acceptors (Lipinski definition) is 3. The minimum Gasteiger partial charge on any atom is -0.478 e. The van der Waals surface area contributed by atoms with Gasteiger partial charge in [-0.15, -0.1) is 0 Å². The third-order valence-electron chi connectivity index (χ3n) is 3.35. The van der Waals surface area contributed by atoms with Crippen molar-refractivity contribution in [1.29, 1.82) is 0 Å². The van der Waals surface area contributed by atoms with E-state index in [-0.39, 0.29) is 11.6 Å². The summed E-state index contributed by atoms with van der Waals surface area (Å²) >= 11 is 3.99. The van der Waals surface area contributed by atoms with Gasteiger partial charge in [0, 0.05) is 10.1 Å². The molecule has 0 atom stereocenters. The topological polar surface area (TPSA) is 78.4 Å². The van der Waals surface area contributed by atoms with Crippen LogP contribution in [0.1, 0.15) is 23.2 Å². The Morgan fingerprint density at radius 1 is 1.33 bits per heavy atom. The Bertz CT molecular complexity index is 533. The molecule has 1 aliphatic rings. The number of aromatic carboxylic acids is 1. The quantitative estimate of drug-likeness (QED) is 0.654. The highest BCUT2D eigenvalue weighted by Gasteiger charge is 2.16. The first kappa shape index (κ1) is 16.4. The summed E-state index contributed by atoms with van der Waals surface area (Å²) in [5.74, 6) is 1.77. The predicted octanol–water partition coefficient (Wildman–Crippen LogP) is 3.25. The van der Waals surface area contributed by atoms with Gasteiger partial charge in [-0.2, -0.15) is 11.8 Å². The molecule has 3 N–H and O–H groups in total. The van der Waals surface area contributed by atoms with Gasteiger partial charge in [-0.05, 0) is 71.1 Å². The number of carboxylic acid groups (broad SMARTS) is 1. The molecule has 0 unspecified atom stereocenters. The smallest absolute Gasteiger partial charge is 0.337 e. The Hall–Kier alpha value is -0.960. The molecule has 7 heteroatoms. The van der Waals surface area contributed by atoms with Crippen molar-refractivity contribution < 1.29 is 14.7 Å². The van der Waals surface area contributed by atoms with Crippen LogP contribution in [0, 0.1) is 9.49 Å². The number of amides is 2. The zero-order valence-electron chi connectivity index (χ0n) is 11.4. The molecule has 1 fully saturated rings. The average molecular weight is 420 g/mol. The molecule has 0 bridgehead atoms. The second-order valence-electron chi connectivity index (χ2n) is 4.89. The van der Waals surface area contributed by atoms with Gasteiger partial charge in [-0.3, -0.25) is 0 Å². The monoisotopic (exact) mass is 420 g/mol. The molecule has 0 aliphatic carbocycles. The molecule has 0 aromatic heterocycles. The van der Waals surface area contributed by atoms with Crippen molar-refractivity contribution in [3.63, 3.8) is 0 Å². The molecule has 114 valence electrons. The van der Waals surface area contributed by atoms with Crippen molar-refractivity contribution in [1.82, 2.24) is 5.32 Å². The number of carbonyl (C=O) groups is 2. The molecule has 2 amide bonds. The van der Waals surface area contributed by atoms with E-state index in [0.29, 0.717) is 18.2 Å². The molecule has 0 radical (unpaired) electrons. The molecule has 1 aromatic carbocycles. The maximum Gasteiger partial charge on any atom is 0.337 e. The van der Waals surface area contributed by atoms with Crippen LogP contribution in [0.2, 0.25) is 0 Å². The second-order valence-corrected chi connectivity index (χ2v) is 7.36. The minimum atomic E-state index is -1.05. The number of halogens is 1. The highest BCUT2D eigenvalue weighted by Crippen LogP contribution is 2.22. The number of benzene rings is 1. The molecule has 1 aromatic rings. The summed E-state index contributed by atoms with van der Waals surface area (Å²) in [4.78, 5) is 23.1. The van der Waals surface area contributed by atoms with Gasteiger partial charge in [0.05, 0.1) is 11.3 Å². The molecule has 1 saturated heterocycles. The summed E-state index contributed by atoms with van der Waals surface area (Å²) in [6, 6.07) is 4.57. The number of hydrogen-bond donors (Lipinski definition) is 3. The fourth-order valence-corrected chi connectivity index (χ4v) is 3.85. The zero-order chi connectivity index (χ0) is 15.2. The number of thioether (sulfide) groups is 1. The van der Waals surface area contributed by atoms with E-state index >= 15 is 0 Å². The van der Waals surface area contributed by atoms with Gasteiger partial charge in [-0.25, -0.2) is 9.59 Å². The molecule has 0 spiro atoms. The first-order valence-corrected chi connectivity index (χ1v) is 8.95. The van der Waals surface area contributed by atoms with Crippen LogP contribution in [0.25, 0.3) is 0 Å². The van der Waals surface area contributed by atoms with Crippen molar-refractivity contribution in [2.45, 2.75) is 12.8 Å². The number of anilines is 1. The van der Waals surface area contributed by atoms with Gasteiger partial charge in [0.25, 0.3) is 0 Å². The largest absolute Gasteiger partial charge is 0.478 e. The van der Waals surface area contributed by atoms with Crippen LogP contribution in [-0.2, 0) is 0 Å². The number of nitrogens with one attached hydrogen (secondary N) is 2. The molecule has 21 heavy (non-hydrogen) atoms. The van der Waals surface area contributed by atoms with E-state index in [1.165, 1.54) is 6.07 Å². The summed E-state index contributed by atoms with van der Waals surface area (Å²) in [6.07, 6.45) is 2.24. The van der Waals surface area contributed by atoms with Crippen molar-refractivity contribution in [3.05, 3.63) is 27.3 Å². The van der Waals surface area contributed by atoms with Crippen molar-refractivity contribution in [2.75, 3.05) is 23.4 Å². The molecule has 1 heterocycles. The highest BCUT2D eigenvalue weighted by atomic mass is 127. The van der Waals surface area contributed by atoms with Crippen LogP contribution < -0.4 is 10.6 Å². The Labute approximate surface area is 141 Å². The third kappa shape index (κ3) is 5.06. The lowest BCUT2D eigenvalue weighted by molar-refractivity contribution is 0.0698. The Morgan fingerprint density at radius 3 is 2.71 bits per heavy atom. The molecule has 5 nitrogen and oxygen atoms in total. The van der Waals surface area contributed by atoms with E-state index in [9.17, 15) is 9.59 Å². The van der Waals surface area contributed by atoms with Gasteiger partial charge in [-0.1, -0.05) is 0 Å². The maximum absolute atomic E-state index is 11.9. The minimum absolute atomic E-state index is 0.103. The standard InChI is InChI=1S/C14H17IN2O3S/c15-10-1-2-12(11(7-10)13(18)19)17-14(20)16-8-9-3-5-21-6-4-9/h1-2,7,9H,3-6,8H2,(H,18,19)(H2,16,17,20). The molecular weight excluding hydrogens is 403 g/mol. The number of carbonyl (C=O) groups excluding carboxylic acids is 1. The van der Waals surface area contributed by atoms with Crippen LogP contribution >= 0.6 is 34.4 Å². The maximum atomic E-state index is 11.9. The fourth-order valence-electron chi connectivity index (χ4n) is 2.16. The average Bonchev–Trinajstić information content (AvgIpc) is 2.48. The Morgan fingerprint density at radius 2 is 2.05 bits per heavy atom. The normalized spacial score (nSPS) is 15.5. The van der Waals surface area contributed by atoms with E-state index in [1.54, 1.807) is 12.1 Å².